The Bertz CT molecular complexity index is 780. The van der Waals surface area contributed by atoms with E-state index in [4.69, 9.17) is 0 Å². The minimum Gasteiger partial charge on any atom is -0.335 e. The van der Waals surface area contributed by atoms with E-state index in [0.29, 0.717) is 6.54 Å². The topological polar surface area (TPSA) is 76.8 Å². The van der Waals surface area contributed by atoms with Gasteiger partial charge in [0.25, 0.3) is 0 Å². The molecule has 130 valence electrons. The molecule has 0 saturated heterocycles. The molecule has 0 aliphatic carbocycles. The molecule has 0 aliphatic rings. The second-order valence-corrected chi connectivity index (χ2v) is 6.04. The highest BCUT2D eigenvalue weighted by Gasteiger charge is 2.12. The van der Waals surface area contributed by atoms with Gasteiger partial charge < -0.3 is 15.2 Å². The van der Waals surface area contributed by atoms with E-state index in [1.165, 1.54) is 0 Å². The number of hydrogen-bond donors (Lipinski definition) is 2. The highest BCUT2D eigenvalue weighted by molar-refractivity contribution is 5.74. The molecule has 0 saturated carbocycles. The third-order valence-corrected chi connectivity index (χ3v) is 3.93. The molecule has 7 heteroatoms. The van der Waals surface area contributed by atoms with Crippen LogP contribution in [0.2, 0.25) is 0 Å². The number of aromatic nitrogens is 4. The maximum absolute atomic E-state index is 12.2. The van der Waals surface area contributed by atoms with Gasteiger partial charge >= 0.3 is 6.03 Å². The number of urea groups is 1. The highest BCUT2D eigenvalue weighted by Crippen LogP contribution is 2.15. The van der Waals surface area contributed by atoms with Gasteiger partial charge in [-0.05, 0) is 37.6 Å². The molecule has 0 fully saturated rings. The van der Waals surface area contributed by atoms with Gasteiger partial charge in [-0.2, -0.15) is 5.10 Å². The highest BCUT2D eigenvalue weighted by atomic mass is 16.2. The zero-order valence-electron chi connectivity index (χ0n) is 14.3. The Morgan fingerprint density at radius 1 is 1.12 bits per heavy atom. The first-order valence-electron chi connectivity index (χ1n) is 8.24. The van der Waals surface area contributed by atoms with E-state index in [-0.39, 0.29) is 18.1 Å². The van der Waals surface area contributed by atoms with Crippen molar-refractivity contribution in [2.75, 3.05) is 0 Å². The Labute approximate surface area is 146 Å². The quantitative estimate of drug-likeness (QED) is 0.725. The Morgan fingerprint density at radius 3 is 2.56 bits per heavy atom. The lowest BCUT2D eigenvalue weighted by Crippen LogP contribution is -2.43. The molecule has 0 spiro atoms. The number of rotatable bonds is 6. The summed E-state index contributed by atoms with van der Waals surface area (Å²) in [7, 11) is 0. The van der Waals surface area contributed by atoms with Crippen LogP contribution >= 0.6 is 0 Å². The molecule has 0 bridgehead atoms. The molecule has 7 nitrogen and oxygen atoms in total. The lowest BCUT2D eigenvalue weighted by atomic mass is 10.1. The van der Waals surface area contributed by atoms with Gasteiger partial charge in [-0.15, -0.1) is 0 Å². The molecule has 2 atom stereocenters. The molecule has 3 aromatic rings. The SMILES string of the molecule is CC(Cn1ccnc1)NC(=O)NC(C)c1ccc(-n2cccn2)cc1. The summed E-state index contributed by atoms with van der Waals surface area (Å²) in [6.07, 6.45) is 8.97. The van der Waals surface area contributed by atoms with Crippen molar-refractivity contribution in [3.63, 3.8) is 0 Å². The van der Waals surface area contributed by atoms with Crippen LogP contribution in [0.1, 0.15) is 25.5 Å². The van der Waals surface area contributed by atoms with E-state index in [2.05, 4.69) is 20.7 Å². The third-order valence-electron chi connectivity index (χ3n) is 3.93. The van der Waals surface area contributed by atoms with Crippen LogP contribution in [0, 0.1) is 0 Å². The number of hydrogen-bond acceptors (Lipinski definition) is 3. The minimum absolute atomic E-state index is 0.00333. The first-order chi connectivity index (χ1) is 12.1. The van der Waals surface area contributed by atoms with E-state index in [1.807, 2.05) is 61.1 Å². The molecule has 0 radical (unpaired) electrons. The summed E-state index contributed by atoms with van der Waals surface area (Å²) in [6.45, 7) is 4.60. The molecular weight excluding hydrogens is 316 g/mol. The molecule has 2 N–H and O–H groups in total. The van der Waals surface area contributed by atoms with Gasteiger partial charge in [0.05, 0.1) is 18.1 Å². The lowest BCUT2D eigenvalue weighted by molar-refractivity contribution is 0.233. The number of nitrogens with zero attached hydrogens (tertiary/aromatic N) is 4. The van der Waals surface area contributed by atoms with E-state index >= 15 is 0 Å². The largest absolute Gasteiger partial charge is 0.335 e. The first-order valence-corrected chi connectivity index (χ1v) is 8.24. The number of carbonyl (C=O) groups is 1. The molecule has 3 rings (SSSR count). The van der Waals surface area contributed by atoms with Crippen LogP contribution in [-0.4, -0.2) is 31.4 Å². The summed E-state index contributed by atoms with van der Waals surface area (Å²) in [5, 5.41) is 10.1. The first kappa shape index (κ1) is 16.8. The van der Waals surface area contributed by atoms with Gasteiger partial charge in [0.15, 0.2) is 0 Å². The number of amides is 2. The fraction of sp³-hybridized carbons (Fsp3) is 0.278. The molecule has 2 amide bonds. The van der Waals surface area contributed by atoms with E-state index in [0.717, 1.165) is 11.3 Å². The zero-order chi connectivity index (χ0) is 17.6. The second-order valence-electron chi connectivity index (χ2n) is 6.04. The number of imidazole rings is 1. The Kier molecular flexibility index (Phi) is 5.13. The molecule has 2 aromatic heterocycles. The van der Waals surface area contributed by atoms with Crippen molar-refractivity contribution in [2.45, 2.75) is 32.5 Å². The van der Waals surface area contributed by atoms with Crippen LogP contribution in [0.5, 0.6) is 0 Å². The summed E-state index contributed by atoms with van der Waals surface area (Å²) in [5.74, 6) is 0. The summed E-state index contributed by atoms with van der Waals surface area (Å²) in [4.78, 5) is 16.2. The minimum atomic E-state index is -0.184. The summed E-state index contributed by atoms with van der Waals surface area (Å²) < 4.78 is 3.73. The number of nitrogens with one attached hydrogen (secondary N) is 2. The van der Waals surface area contributed by atoms with E-state index < -0.39 is 0 Å². The molecule has 1 aromatic carbocycles. The summed E-state index contributed by atoms with van der Waals surface area (Å²) >= 11 is 0. The van der Waals surface area contributed by atoms with Crippen LogP contribution in [0.25, 0.3) is 5.69 Å². The van der Waals surface area contributed by atoms with Gasteiger partial charge in [-0.3, -0.25) is 0 Å². The molecule has 25 heavy (non-hydrogen) atoms. The summed E-state index contributed by atoms with van der Waals surface area (Å²) in [5.41, 5.74) is 2.02. The zero-order valence-corrected chi connectivity index (χ0v) is 14.3. The van der Waals surface area contributed by atoms with Crippen molar-refractivity contribution < 1.29 is 4.79 Å². The molecular formula is C18H22N6O. The third kappa shape index (κ3) is 4.47. The van der Waals surface area contributed by atoms with Gasteiger partial charge in [0.2, 0.25) is 0 Å². The van der Waals surface area contributed by atoms with Crippen molar-refractivity contribution in [1.29, 1.82) is 0 Å². The van der Waals surface area contributed by atoms with E-state index in [9.17, 15) is 4.79 Å². The van der Waals surface area contributed by atoms with Crippen LogP contribution < -0.4 is 10.6 Å². The normalized spacial score (nSPS) is 13.2. The Hall–Kier alpha value is -3.09. The van der Waals surface area contributed by atoms with Crippen LogP contribution in [0.4, 0.5) is 4.79 Å². The smallest absolute Gasteiger partial charge is 0.315 e. The predicted molar refractivity (Wildman–Crippen MR) is 95.3 cm³/mol. The predicted octanol–water partition coefficient (Wildman–Crippen LogP) is 2.52. The average Bonchev–Trinajstić information content (AvgIpc) is 3.28. The van der Waals surface area contributed by atoms with Crippen LogP contribution in [-0.2, 0) is 6.54 Å². The van der Waals surface area contributed by atoms with Crippen molar-refractivity contribution in [3.8, 4) is 5.69 Å². The molecule has 2 heterocycles. The van der Waals surface area contributed by atoms with Crippen LogP contribution in [0.3, 0.4) is 0 Å². The molecule has 0 aliphatic heterocycles. The second kappa shape index (κ2) is 7.65. The van der Waals surface area contributed by atoms with Gasteiger partial charge in [0.1, 0.15) is 0 Å². The standard InChI is InChI=1S/C18H22N6O/c1-14(12-23-11-9-19-13-23)21-18(25)22-15(2)16-4-6-17(7-5-16)24-10-3-8-20-24/h3-11,13-15H,12H2,1-2H3,(H2,21,22,25). The Morgan fingerprint density at radius 2 is 1.92 bits per heavy atom. The van der Waals surface area contributed by atoms with Gasteiger partial charge in [0, 0.05) is 37.4 Å². The summed E-state index contributed by atoms with van der Waals surface area (Å²) in [6, 6.07) is 9.58. The number of benzene rings is 1. The fourth-order valence-corrected chi connectivity index (χ4v) is 2.64. The lowest BCUT2D eigenvalue weighted by Gasteiger charge is -2.19. The molecule has 2 unspecified atom stereocenters. The van der Waals surface area contributed by atoms with Crippen molar-refractivity contribution in [1.82, 2.24) is 30.0 Å². The fourth-order valence-electron chi connectivity index (χ4n) is 2.64. The monoisotopic (exact) mass is 338 g/mol. The maximum Gasteiger partial charge on any atom is 0.315 e. The van der Waals surface area contributed by atoms with Gasteiger partial charge in [-0.1, -0.05) is 12.1 Å². The van der Waals surface area contributed by atoms with Crippen molar-refractivity contribution >= 4 is 6.03 Å². The Balaban J connectivity index is 1.52. The van der Waals surface area contributed by atoms with Crippen molar-refractivity contribution in [2.24, 2.45) is 0 Å². The average molecular weight is 338 g/mol. The number of carbonyl (C=O) groups excluding carboxylic acids is 1. The van der Waals surface area contributed by atoms with E-state index in [1.54, 1.807) is 23.4 Å². The van der Waals surface area contributed by atoms with Gasteiger partial charge in [-0.25, -0.2) is 14.5 Å². The maximum atomic E-state index is 12.2. The van der Waals surface area contributed by atoms with Crippen molar-refractivity contribution in [3.05, 3.63) is 67.0 Å². The van der Waals surface area contributed by atoms with Crippen LogP contribution in [0.15, 0.2) is 61.4 Å².